The zero-order valence-electron chi connectivity index (χ0n) is 10.9. The van der Waals surface area contributed by atoms with Gasteiger partial charge < -0.3 is 15.5 Å². The molecule has 3 N–H and O–H groups in total. The smallest absolute Gasteiger partial charge is 0.335 e. The monoisotopic (exact) mass is 251 g/mol. The third kappa shape index (κ3) is 4.37. The molecule has 0 saturated heterocycles. The molecule has 0 bridgehead atoms. The second-order valence-electron chi connectivity index (χ2n) is 4.69. The molecule has 0 radical (unpaired) electrons. The third-order valence-corrected chi connectivity index (χ3v) is 2.97. The van der Waals surface area contributed by atoms with Gasteiger partial charge in [-0.2, -0.15) is 0 Å². The van der Waals surface area contributed by atoms with Crippen LogP contribution in [-0.2, 0) is 0 Å². The molecule has 1 unspecified atom stereocenters. The summed E-state index contributed by atoms with van der Waals surface area (Å²) in [6.07, 6.45) is 1.97. The molecule has 0 aromatic heterocycles. The number of aliphatic hydroxyl groups is 1. The average Bonchev–Trinajstić information content (AvgIpc) is 2.34. The Morgan fingerprint density at radius 3 is 2.72 bits per heavy atom. The largest absolute Gasteiger partial charge is 0.478 e. The lowest BCUT2D eigenvalue weighted by atomic mass is 10.1. The van der Waals surface area contributed by atoms with Crippen LogP contribution in [0.15, 0.2) is 18.2 Å². The minimum Gasteiger partial charge on any atom is -0.478 e. The van der Waals surface area contributed by atoms with Gasteiger partial charge in [0.15, 0.2) is 0 Å². The predicted molar refractivity (Wildman–Crippen MR) is 72.1 cm³/mol. The summed E-state index contributed by atoms with van der Waals surface area (Å²) >= 11 is 0. The molecule has 4 nitrogen and oxygen atoms in total. The molecule has 0 heterocycles. The Hall–Kier alpha value is -1.55. The van der Waals surface area contributed by atoms with Crippen LogP contribution in [-0.4, -0.2) is 29.3 Å². The van der Waals surface area contributed by atoms with Crippen LogP contribution < -0.4 is 5.32 Å². The van der Waals surface area contributed by atoms with Crippen LogP contribution in [0, 0.1) is 12.8 Å². The van der Waals surface area contributed by atoms with Crippen molar-refractivity contribution in [1.29, 1.82) is 0 Å². The number of nitrogens with one attached hydrogen (secondary N) is 1. The van der Waals surface area contributed by atoms with E-state index in [9.17, 15) is 4.79 Å². The maximum Gasteiger partial charge on any atom is 0.335 e. The molecule has 0 fully saturated rings. The van der Waals surface area contributed by atoms with Crippen molar-refractivity contribution in [1.82, 2.24) is 0 Å². The summed E-state index contributed by atoms with van der Waals surface area (Å²) in [4.78, 5) is 10.9. The van der Waals surface area contributed by atoms with Crippen molar-refractivity contribution in [2.24, 2.45) is 5.92 Å². The molecule has 1 aromatic carbocycles. The molecular formula is C14H21NO3. The van der Waals surface area contributed by atoms with Crippen LogP contribution in [0.1, 0.15) is 35.7 Å². The molecule has 4 heteroatoms. The van der Waals surface area contributed by atoms with Crippen LogP contribution >= 0.6 is 0 Å². The van der Waals surface area contributed by atoms with E-state index in [1.807, 2.05) is 13.0 Å². The first-order chi connectivity index (χ1) is 8.54. The lowest BCUT2D eigenvalue weighted by Gasteiger charge is -2.10. The molecule has 1 aromatic rings. The zero-order chi connectivity index (χ0) is 13.5. The minimum absolute atomic E-state index is 0.229. The van der Waals surface area contributed by atoms with Crippen molar-refractivity contribution in [2.45, 2.75) is 26.7 Å². The summed E-state index contributed by atoms with van der Waals surface area (Å²) in [6, 6.07) is 5.25. The van der Waals surface area contributed by atoms with E-state index in [2.05, 4.69) is 5.32 Å². The van der Waals surface area contributed by atoms with Gasteiger partial charge in [-0.15, -0.1) is 0 Å². The number of aryl methyl sites for hydroxylation is 1. The number of anilines is 1. The van der Waals surface area contributed by atoms with Crippen LogP contribution in [0.4, 0.5) is 5.69 Å². The fourth-order valence-electron chi connectivity index (χ4n) is 1.79. The number of aromatic carboxylic acids is 1. The van der Waals surface area contributed by atoms with Gasteiger partial charge in [0.2, 0.25) is 0 Å². The van der Waals surface area contributed by atoms with Crippen molar-refractivity contribution in [2.75, 3.05) is 18.5 Å². The van der Waals surface area contributed by atoms with Gasteiger partial charge in [-0.05, 0) is 49.4 Å². The van der Waals surface area contributed by atoms with Crippen molar-refractivity contribution in [3.8, 4) is 0 Å². The quantitative estimate of drug-likeness (QED) is 0.651. The molecule has 1 atom stereocenters. The van der Waals surface area contributed by atoms with Gasteiger partial charge in [-0.3, -0.25) is 0 Å². The molecule has 18 heavy (non-hydrogen) atoms. The molecule has 0 amide bonds. The summed E-state index contributed by atoms with van der Waals surface area (Å²) in [5.41, 5.74) is 2.04. The van der Waals surface area contributed by atoms with Gasteiger partial charge in [-0.1, -0.05) is 6.92 Å². The van der Waals surface area contributed by atoms with Crippen molar-refractivity contribution < 1.29 is 15.0 Å². The highest BCUT2D eigenvalue weighted by Crippen LogP contribution is 2.15. The Morgan fingerprint density at radius 1 is 1.44 bits per heavy atom. The summed E-state index contributed by atoms with van der Waals surface area (Å²) < 4.78 is 0. The predicted octanol–water partition coefficient (Wildman–Crippen LogP) is 2.51. The van der Waals surface area contributed by atoms with E-state index in [4.69, 9.17) is 10.2 Å². The summed E-state index contributed by atoms with van der Waals surface area (Å²) in [5, 5.41) is 21.1. The number of hydrogen-bond acceptors (Lipinski definition) is 3. The number of carbonyl (C=O) groups is 1. The molecule has 0 aliphatic heterocycles. The van der Waals surface area contributed by atoms with Crippen LogP contribution in [0.25, 0.3) is 0 Å². The topological polar surface area (TPSA) is 69.6 Å². The Morgan fingerprint density at radius 2 is 2.17 bits per heavy atom. The lowest BCUT2D eigenvalue weighted by molar-refractivity contribution is 0.0696. The van der Waals surface area contributed by atoms with E-state index in [0.717, 1.165) is 30.6 Å². The van der Waals surface area contributed by atoms with E-state index in [1.54, 1.807) is 19.1 Å². The Labute approximate surface area is 108 Å². The molecule has 1 rings (SSSR count). The Bertz CT molecular complexity index is 404. The molecule has 0 aliphatic rings. The summed E-state index contributed by atoms with van der Waals surface area (Å²) in [6.45, 7) is 4.87. The van der Waals surface area contributed by atoms with Gasteiger partial charge in [0.25, 0.3) is 0 Å². The van der Waals surface area contributed by atoms with E-state index >= 15 is 0 Å². The first-order valence-electron chi connectivity index (χ1n) is 6.23. The van der Waals surface area contributed by atoms with Gasteiger partial charge in [-0.25, -0.2) is 4.79 Å². The molecule has 100 valence electrons. The Balaban J connectivity index is 2.44. The van der Waals surface area contributed by atoms with Crippen molar-refractivity contribution >= 4 is 11.7 Å². The van der Waals surface area contributed by atoms with Crippen molar-refractivity contribution in [3.63, 3.8) is 0 Å². The summed E-state index contributed by atoms with van der Waals surface area (Å²) in [7, 11) is 0. The molecule has 0 spiro atoms. The standard InChI is InChI=1S/C14H21NO3/c1-10(9-16)4-3-7-15-12-5-6-13(14(17)18)11(2)8-12/h5-6,8,10,15-16H,3-4,7,9H2,1-2H3,(H,17,18). The maximum atomic E-state index is 10.9. The number of hydrogen-bond donors (Lipinski definition) is 3. The first-order valence-corrected chi connectivity index (χ1v) is 6.23. The number of benzene rings is 1. The highest BCUT2D eigenvalue weighted by Gasteiger charge is 2.06. The van der Waals surface area contributed by atoms with E-state index in [0.29, 0.717) is 11.5 Å². The van der Waals surface area contributed by atoms with E-state index in [1.165, 1.54) is 0 Å². The normalized spacial score (nSPS) is 12.2. The third-order valence-electron chi connectivity index (χ3n) is 2.97. The molecular weight excluding hydrogens is 230 g/mol. The fraction of sp³-hybridized carbons (Fsp3) is 0.500. The number of rotatable bonds is 7. The van der Waals surface area contributed by atoms with Crippen LogP contribution in [0.5, 0.6) is 0 Å². The highest BCUT2D eigenvalue weighted by molar-refractivity contribution is 5.89. The van der Waals surface area contributed by atoms with Crippen LogP contribution in [0.3, 0.4) is 0 Å². The second kappa shape index (κ2) is 7.01. The van der Waals surface area contributed by atoms with Gasteiger partial charge in [0, 0.05) is 18.8 Å². The SMILES string of the molecule is Cc1cc(NCCCC(C)CO)ccc1C(=O)O. The highest BCUT2D eigenvalue weighted by atomic mass is 16.4. The van der Waals surface area contributed by atoms with Gasteiger partial charge >= 0.3 is 5.97 Å². The van der Waals surface area contributed by atoms with Crippen LogP contribution in [0.2, 0.25) is 0 Å². The van der Waals surface area contributed by atoms with Gasteiger partial charge in [0.05, 0.1) is 5.56 Å². The fourth-order valence-corrected chi connectivity index (χ4v) is 1.79. The number of carboxylic acid groups (broad SMARTS) is 1. The first kappa shape index (κ1) is 14.5. The average molecular weight is 251 g/mol. The summed E-state index contributed by atoms with van der Waals surface area (Å²) in [5.74, 6) is -0.557. The minimum atomic E-state index is -0.893. The van der Waals surface area contributed by atoms with Crippen molar-refractivity contribution in [3.05, 3.63) is 29.3 Å². The molecule has 0 saturated carbocycles. The Kier molecular flexibility index (Phi) is 5.65. The number of carboxylic acids is 1. The maximum absolute atomic E-state index is 10.9. The second-order valence-corrected chi connectivity index (χ2v) is 4.69. The molecule has 0 aliphatic carbocycles. The lowest BCUT2D eigenvalue weighted by Crippen LogP contribution is -2.07. The van der Waals surface area contributed by atoms with E-state index in [-0.39, 0.29) is 6.61 Å². The number of aliphatic hydroxyl groups excluding tert-OH is 1. The van der Waals surface area contributed by atoms with Gasteiger partial charge in [0.1, 0.15) is 0 Å². The zero-order valence-corrected chi connectivity index (χ0v) is 10.9. The van der Waals surface area contributed by atoms with E-state index < -0.39 is 5.97 Å².